The maximum atomic E-state index is 12.6. The van der Waals surface area contributed by atoms with Gasteiger partial charge in [-0.1, -0.05) is 30.4 Å². The average molecular weight is 423 g/mol. The predicted molar refractivity (Wildman–Crippen MR) is 113 cm³/mol. The minimum absolute atomic E-state index is 0.341. The Bertz CT molecular complexity index is 1030. The van der Waals surface area contributed by atoms with Crippen molar-refractivity contribution in [3.8, 4) is 0 Å². The third-order valence-electron chi connectivity index (χ3n) is 6.01. The summed E-state index contributed by atoms with van der Waals surface area (Å²) in [6, 6.07) is 6.86. The highest BCUT2D eigenvalue weighted by molar-refractivity contribution is 6.08. The molecule has 1 aromatic carbocycles. The lowest BCUT2D eigenvalue weighted by Gasteiger charge is -2.21. The van der Waals surface area contributed by atoms with E-state index in [0.717, 1.165) is 21.4 Å². The first-order chi connectivity index (χ1) is 15.0. The zero-order valence-corrected chi connectivity index (χ0v) is 17.3. The van der Waals surface area contributed by atoms with Crippen molar-refractivity contribution in [3.63, 3.8) is 0 Å². The van der Waals surface area contributed by atoms with Crippen LogP contribution in [0.2, 0.25) is 0 Å². The molecular weight excluding hydrogens is 398 g/mol. The molecule has 1 saturated heterocycles. The molecule has 3 amide bonds. The molecule has 0 spiro atoms. The first kappa shape index (κ1) is 20.8. The van der Waals surface area contributed by atoms with Gasteiger partial charge >= 0.3 is 5.97 Å². The number of allylic oxidation sites excluding steroid dienone is 2. The number of imide groups is 1. The minimum Gasteiger partial charge on any atom is -0.454 e. The molecule has 31 heavy (non-hydrogen) atoms. The predicted octanol–water partition coefficient (Wildman–Crippen LogP) is 1.71. The van der Waals surface area contributed by atoms with Gasteiger partial charge in [0.25, 0.3) is 5.91 Å². The first-order valence-electron chi connectivity index (χ1n) is 10.5. The highest BCUT2D eigenvalue weighted by Gasteiger charge is 2.50. The number of rotatable bonds is 7. The smallest absolute Gasteiger partial charge is 0.329 e. The monoisotopic (exact) mass is 423 g/mol. The van der Waals surface area contributed by atoms with Crippen LogP contribution in [0.1, 0.15) is 25.3 Å². The third-order valence-corrected chi connectivity index (χ3v) is 6.01. The summed E-state index contributed by atoms with van der Waals surface area (Å²) in [5, 5.41) is 3.83. The van der Waals surface area contributed by atoms with Crippen LogP contribution in [0.4, 0.5) is 0 Å². The number of carbonyl (C=O) groups excluding carboxylic acids is 4. The molecule has 3 atom stereocenters. The summed E-state index contributed by atoms with van der Waals surface area (Å²) in [5.74, 6) is -2.68. The number of hydrogen-bond acceptors (Lipinski definition) is 5. The highest BCUT2D eigenvalue weighted by Crippen LogP contribution is 2.36. The van der Waals surface area contributed by atoms with Crippen molar-refractivity contribution < 1.29 is 23.9 Å². The molecule has 1 aliphatic heterocycles. The van der Waals surface area contributed by atoms with Gasteiger partial charge in [0.15, 0.2) is 6.61 Å². The quantitative estimate of drug-likeness (QED) is 0.400. The van der Waals surface area contributed by atoms with E-state index in [2.05, 4.69) is 10.3 Å². The zero-order valence-electron chi connectivity index (χ0n) is 17.3. The standard InChI is InChI=1S/C23H25N3O5/c1-14(26-21(28)17-7-2-3-8-18(17)22(26)29)23(30)31-13-20(27)24-11-10-15-12-25-19-9-5-4-6-16(15)19/h2-6,9,12,14,17-18,25H,7-8,10-11,13H2,1H3,(H,24,27)/t14-,17-,18+/m0/s1. The second-order valence-corrected chi connectivity index (χ2v) is 7.95. The number of H-pyrrole nitrogens is 1. The van der Waals surface area contributed by atoms with Gasteiger partial charge in [-0.15, -0.1) is 0 Å². The molecule has 8 nitrogen and oxygen atoms in total. The van der Waals surface area contributed by atoms with E-state index in [1.54, 1.807) is 0 Å². The molecule has 1 aromatic heterocycles. The van der Waals surface area contributed by atoms with Gasteiger partial charge in [-0.3, -0.25) is 19.3 Å². The Morgan fingerprint density at radius 2 is 1.84 bits per heavy atom. The van der Waals surface area contributed by atoms with Crippen molar-refractivity contribution in [1.82, 2.24) is 15.2 Å². The van der Waals surface area contributed by atoms with Gasteiger partial charge < -0.3 is 15.0 Å². The number of likely N-dealkylation sites (tertiary alicyclic amines) is 1. The maximum absolute atomic E-state index is 12.6. The number of nitrogens with zero attached hydrogens (tertiary/aromatic N) is 1. The van der Waals surface area contributed by atoms with Crippen LogP contribution in [0.5, 0.6) is 0 Å². The van der Waals surface area contributed by atoms with E-state index >= 15 is 0 Å². The number of benzene rings is 1. The van der Waals surface area contributed by atoms with E-state index in [1.165, 1.54) is 6.92 Å². The highest BCUT2D eigenvalue weighted by atomic mass is 16.5. The van der Waals surface area contributed by atoms with Crippen LogP contribution in [0.15, 0.2) is 42.6 Å². The fraction of sp³-hybridized carbons (Fsp3) is 0.391. The van der Waals surface area contributed by atoms with E-state index in [-0.39, 0.29) is 11.8 Å². The van der Waals surface area contributed by atoms with Crippen molar-refractivity contribution in [2.45, 2.75) is 32.2 Å². The minimum atomic E-state index is -1.05. The molecule has 0 unspecified atom stereocenters. The van der Waals surface area contributed by atoms with Gasteiger partial charge in [0.05, 0.1) is 11.8 Å². The van der Waals surface area contributed by atoms with Crippen molar-refractivity contribution >= 4 is 34.6 Å². The fourth-order valence-electron chi connectivity index (χ4n) is 4.30. The van der Waals surface area contributed by atoms with E-state index in [4.69, 9.17) is 4.74 Å². The molecule has 2 aliphatic rings. The van der Waals surface area contributed by atoms with E-state index in [9.17, 15) is 19.2 Å². The number of fused-ring (bicyclic) bond motifs is 2. The number of esters is 1. The molecule has 4 rings (SSSR count). The van der Waals surface area contributed by atoms with Crippen LogP contribution in [0.25, 0.3) is 10.9 Å². The van der Waals surface area contributed by atoms with Gasteiger partial charge in [-0.25, -0.2) is 4.79 Å². The topological polar surface area (TPSA) is 109 Å². The third kappa shape index (κ3) is 4.10. The lowest BCUT2D eigenvalue weighted by atomic mass is 9.85. The number of nitrogens with one attached hydrogen (secondary N) is 2. The summed E-state index contributed by atoms with van der Waals surface area (Å²) in [6.45, 7) is 1.40. The van der Waals surface area contributed by atoms with Crippen LogP contribution in [0, 0.1) is 11.8 Å². The summed E-state index contributed by atoms with van der Waals surface area (Å²) in [5.41, 5.74) is 2.12. The van der Waals surface area contributed by atoms with Crippen LogP contribution >= 0.6 is 0 Å². The van der Waals surface area contributed by atoms with E-state index in [0.29, 0.717) is 25.8 Å². The fourth-order valence-corrected chi connectivity index (χ4v) is 4.30. The molecule has 1 fully saturated rings. The molecule has 8 heteroatoms. The molecule has 1 aliphatic carbocycles. The van der Waals surface area contributed by atoms with Crippen molar-refractivity contribution in [2.75, 3.05) is 13.2 Å². The van der Waals surface area contributed by atoms with Crippen molar-refractivity contribution in [3.05, 3.63) is 48.2 Å². The lowest BCUT2D eigenvalue weighted by Crippen LogP contribution is -2.45. The molecule has 0 radical (unpaired) electrons. The van der Waals surface area contributed by atoms with Crippen LogP contribution in [-0.4, -0.2) is 52.8 Å². The Labute approximate surface area is 179 Å². The van der Waals surface area contributed by atoms with Gasteiger partial charge in [0.2, 0.25) is 11.8 Å². The van der Waals surface area contributed by atoms with Crippen LogP contribution in [-0.2, 0) is 30.3 Å². The lowest BCUT2D eigenvalue weighted by molar-refractivity contribution is -0.159. The second kappa shape index (κ2) is 8.75. The average Bonchev–Trinajstić information content (AvgIpc) is 3.31. The molecule has 0 bridgehead atoms. The SMILES string of the molecule is C[C@@H](C(=O)OCC(=O)NCCc1c[nH]c2ccccc12)N1C(=O)[C@H]2CC=CC[C@H]2C1=O. The Kier molecular flexibility index (Phi) is 5.88. The van der Waals surface area contributed by atoms with E-state index < -0.39 is 36.4 Å². The summed E-state index contributed by atoms with van der Waals surface area (Å²) >= 11 is 0. The number of aromatic nitrogens is 1. The maximum Gasteiger partial charge on any atom is 0.329 e. The van der Waals surface area contributed by atoms with Crippen molar-refractivity contribution in [2.24, 2.45) is 11.8 Å². The largest absolute Gasteiger partial charge is 0.454 e. The normalized spacial score (nSPS) is 21.3. The molecular formula is C23H25N3O5. The summed E-state index contributed by atoms with van der Waals surface area (Å²) in [7, 11) is 0. The first-order valence-corrected chi connectivity index (χ1v) is 10.5. The number of aromatic amines is 1. The van der Waals surface area contributed by atoms with Crippen LogP contribution < -0.4 is 5.32 Å². The number of carbonyl (C=O) groups is 4. The summed E-state index contributed by atoms with van der Waals surface area (Å²) in [4.78, 5) is 53.7. The van der Waals surface area contributed by atoms with Crippen LogP contribution in [0.3, 0.4) is 0 Å². The Morgan fingerprint density at radius 1 is 1.16 bits per heavy atom. The second-order valence-electron chi connectivity index (χ2n) is 7.95. The number of para-hydroxylation sites is 1. The number of amides is 3. The van der Waals surface area contributed by atoms with Gasteiger partial charge in [0, 0.05) is 23.6 Å². The van der Waals surface area contributed by atoms with Gasteiger partial charge in [-0.05, 0) is 37.8 Å². The number of ether oxygens (including phenoxy) is 1. The Balaban J connectivity index is 1.24. The Morgan fingerprint density at radius 3 is 2.55 bits per heavy atom. The molecule has 0 saturated carbocycles. The molecule has 162 valence electrons. The number of hydrogen-bond donors (Lipinski definition) is 2. The van der Waals surface area contributed by atoms with Gasteiger partial charge in [0.1, 0.15) is 6.04 Å². The molecule has 2 N–H and O–H groups in total. The molecule has 2 aromatic rings. The Hall–Kier alpha value is -3.42. The summed E-state index contributed by atoms with van der Waals surface area (Å²) < 4.78 is 5.07. The van der Waals surface area contributed by atoms with Crippen molar-refractivity contribution in [1.29, 1.82) is 0 Å². The van der Waals surface area contributed by atoms with Gasteiger partial charge in [-0.2, -0.15) is 0 Å². The molecule has 2 heterocycles. The zero-order chi connectivity index (χ0) is 22.0. The summed E-state index contributed by atoms with van der Waals surface area (Å²) in [6.07, 6.45) is 7.33. The van der Waals surface area contributed by atoms with E-state index in [1.807, 2.05) is 42.6 Å².